The predicted molar refractivity (Wildman–Crippen MR) is 85.3 cm³/mol. The summed E-state index contributed by atoms with van der Waals surface area (Å²) in [7, 11) is -3.48. The Morgan fingerprint density at radius 2 is 1.65 bits per heavy atom. The highest BCUT2D eigenvalue weighted by atomic mass is 32.2. The van der Waals surface area contributed by atoms with Crippen LogP contribution in [0.15, 0.2) is 35.2 Å². The highest BCUT2D eigenvalue weighted by molar-refractivity contribution is 7.91. The molecule has 1 heterocycles. The lowest BCUT2D eigenvalue weighted by Crippen LogP contribution is -2.39. The average Bonchev–Trinajstić information content (AvgIpc) is 2.77. The molecule has 1 aliphatic heterocycles. The molecule has 1 aliphatic carbocycles. The first-order chi connectivity index (χ1) is 10.9. The largest absolute Gasteiger partial charge is 0.281 e. The van der Waals surface area contributed by atoms with Crippen molar-refractivity contribution >= 4 is 21.7 Å². The molecule has 1 spiro atoms. The van der Waals surface area contributed by atoms with Gasteiger partial charge in [-0.25, -0.2) is 8.42 Å². The molecule has 6 heteroatoms. The molecule has 0 N–H and O–H groups in total. The standard InChI is InChI=1S/C17H21NO4S/c19-15-13-17(9-5-2-6-10-17)16(20)18(15)11-12-23(21,22)14-7-3-1-4-8-14/h1,3-4,7-8H,2,5-6,9-13H2. The highest BCUT2D eigenvalue weighted by Gasteiger charge is 2.51. The minimum atomic E-state index is -3.48. The second-order valence-corrected chi connectivity index (χ2v) is 8.61. The number of benzene rings is 1. The third-order valence-corrected chi connectivity index (χ3v) is 6.70. The maximum absolute atomic E-state index is 12.7. The topological polar surface area (TPSA) is 71.5 Å². The Bertz CT molecular complexity index is 705. The van der Waals surface area contributed by atoms with Crippen molar-refractivity contribution in [2.75, 3.05) is 12.3 Å². The van der Waals surface area contributed by atoms with Crippen molar-refractivity contribution in [2.24, 2.45) is 5.41 Å². The van der Waals surface area contributed by atoms with Gasteiger partial charge < -0.3 is 0 Å². The van der Waals surface area contributed by atoms with Crippen molar-refractivity contribution in [3.05, 3.63) is 30.3 Å². The van der Waals surface area contributed by atoms with E-state index in [0.717, 1.165) is 32.1 Å². The van der Waals surface area contributed by atoms with Gasteiger partial charge in [-0.1, -0.05) is 37.5 Å². The molecule has 1 aromatic carbocycles. The molecule has 1 aromatic rings. The summed E-state index contributed by atoms with van der Waals surface area (Å²) < 4.78 is 24.6. The number of carbonyl (C=O) groups excluding carboxylic acids is 2. The van der Waals surface area contributed by atoms with Crippen LogP contribution in [0.1, 0.15) is 38.5 Å². The summed E-state index contributed by atoms with van der Waals surface area (Å²) in [4.78, 5) is 26.3. The number of carbonyl (C=O) groups is 2. The number of imide groups is 1. The van der Waals surface area contributed by atoms with Gasteiger partial charge in [0.05, 0.1) is 16.1 Å². The Morgan fingerprint density at radius 1 is 1.00 bits per heavy atom. The van der Waals surface area contributed by atoms with Gasteiger partial charge in [0, 0.05) is 13.0 Å². The van der Waals surface area contributed by atoms with Crippen LogP contribution >= 0.6 is 0 Å². The fourth-order valence-corrected chi connectivity index (χ4v) is 4.89. The van der Waals surface area contributed by atoms with E-state index in [0.29, 0.717) is 0 Å². The van der Waals surface area contributed by atoms with Crippen LogP contribution in [-0.2, 0) is 19.4 Å². The molecule has 2 aliphatic rings. The number of hydrogen-bond donors (Lipinski definition) is 0. The number of sulfone groups is 1. The molecule has 2 fully saturated rings. The van der Waals surface area contributed by atoms with E-state index in [1.807, 2.05) is 0 Å². The number of rotatable bonds is 4. The summed E-state index contributed by atoms with van der Waals surface area (Å²) >= 11 is 0. The van der Waals surface area contributed by atoms with Crippen molar-refractivity contribution < 1.29 is 18.0 Å². The lowest BCUT2D eigenvalue weighted by molar-refractivity contribution is -0.141. The maximum Gasteiger partial charge on any atom is 0.235 e. The Hall–Kier alpha value is -1.69. The SMILES string of the molecule is O=C1CC2(CCCCC2)C(=O)N1CCS(=O)(=O)c1ccccc1. The molecule has 0 aromatic heterocycles. The fraction of sp³-hybridized carbons (Fsp3) is 0.529. The van der Waals surface area contributed by atoms with Crippen LogP contribution in [0.25, 0.3) is 0 Å². The molecule has 1 saturated heterocycles. The van der Waals surface area contributed by atoms with E-state index in [1.165, 1.54) is 17.0 Å². The maximum atomic E-state index is 12.7. The first kappa shape index (κ1) is 16.2. The third kappa shape index (κ3) is 3.04. The number of amides is 2. The highest BCUT2D eigenvalue weighted by Crippen LogP contribution is 2.45. The van der Waals surface area contributed by atoms with Crippen LogP contribution in [0, 0.1) is 5.41 Å². The number of likely N-dealkylation sites (tertiary alicyclic amines) is 1. The zero-order valence-corrected chi connectivity index (χ0v) is 13.8. The molecule has 5 nitrogen and oxygen atoms in total. The van der Waals surface area contributed by atoms with Crippen LogP contribution < -0.4 is 0 Å². The molecule has 1 saturated carbocycles. The Balaban J connectivity index is 1.71. The molecule has 23 heavy (non-hydrogen) atoms. The summed E-state index contributed by atoms with van der Waals surface area (Å²) in [5.41, 5.74) is -0.550. The zero-order valence-electron chi connectivity index (χ0n) is 13.0. The summed E-state index contributed by atoms with van der Waals surface area (Å²) in [5, 5.41) is 0. The molecule has 0 bridgehead atoms. The van der Waals surface area contributed by atoms with Crippen LogP contribution in [0.2, 0.25) is 0 Å². The van der Waals surface area contributed by atoms with Gasteiger partial charge >= 0.3 is 0 Å². The second kappa shape index (κ2) is 6.07. The lowest BCUT2D eigenvalue weighted by atomic mass is 9.73. The third-order valence-electron chi connectivity index (χ3n) is 4.99. The van der Waals surface area contributed by atoms with Gasteiger partial charge in [0.1, 0.15) is 0 Å². The van der Waals surface area contributed by atoms with E-state index in [4.69, 9.17) is 0 Å². The van der Waals surface area contributed by atoms with Gasteiger partial charge in [0.15, 0.2) is 9.84 Å². The van der Waals surface area contributed by atoms with E-state index in [9.17, 15) is 18.0 Å². The minimum absolute atomic E-state index is 0.0450. The first-order valence-electron chi connectivity index (χ1n) is 8.07. The quantitative estimate of drug-likeness (QED) is 0.791. The van der Waals surface area contributed by atoms with E-state index in [-0.39, 0.29) is 35.4 Å². The first-order valence-corrected chi connectivity index (χ1v) is 9.72. The molecule has 2 amide bonds. The van der Waals surface area contributed by atoms with Gasteiger partial charge in [-0.15, -0.1) is 0 Å². The van der Waals surface area contributed by atoms with Crippen molar-refractivity contribution in [3.8, 4) is 0 Å². The van der Waals surface area contributed by atoms with Crippen molar-refractivity contribution in [1.29, 1.82) is 0 Å². The van der Waals surface area contributed by atoms with Crippen LogP contribution in [-0.4, -0.2) is 37.4 Å². The molecule has 124 valence electrons. The molecule has 3 rings (SSSR count). The Kier molecular flexibility index (Phi) is 4.27. The van der Waals surface area contributed by atoms with Crippen LogP contribution in [0.3, 0.4) is 0 Å². The van der Waals surface area contributed by atoms with Crippen LogP contribution in [0.4, 0.5) is 0 Å². The molecule has 0 radical (unpaired) electrons. The van der Waals surface area contributed by atoms with Gasteiger partial charge in [-0.2, -0.15) is 0 Å². The Labute approximate surface area is 136 Å². The molecular weight excluding hydrogens is 314 g/mol. The van der Waals surface area contributed by atoms with E-state index >= 15 is 0 Å². The van der Waals surface area contributed by atoms with Crippen molar-refractivity contribution in [3.63, 3.8) is 0 Å². The van der Waals surface area contributed by atoms with E-state index in [1.54, 1.807) is 18.2 Å². The number of hydrogen-bond acceptors (Lipinski definition) is 4. The molecular formula is C17H21NO4S. The summed E-state index contributed by atoms with van der Waals surface area (Å²) in [6.07, 6.45) is 4.78. The number of nitrogens with zero attached hydrogens (tertiary/aromatic N) is 1. The normalized spacial score (nSPS) is 21.1. The van der Waals surface area contributed by atoms with E-state index < -0.39 is 15.3 Å². The molecule has 0 unspecified atom stereocenters. The van der Waals surface area contributed by atoms with Gasteiger partial charge in [-0.05, 0) is 25.0 Å². The van der Waals surface area contributed by atoms with Crippen molar-refractivity contribution in [1.82, 2.24) is 4.90 Å². The zero-order chi connectivity index (χ0) is 16.5. The van der Waals surface area contributed by atoms with Gasteiger partial charge in [0.2, 0.25) is 11.8 Å². The fourth-order valence-electron chi connectivity index (χ4n) is 3.66. The van der Waals surface area contributed by atoms with Gasteiger partial charge in [0.25, 0.3) is 0 Å². The van der Waals surface area contributed by atoms with Gasteiger partial charge in [-0.3, -0.25) is 14.5 Å². The predicted octanol–water partition coefficient (Wildman–Crippen LogP) is 2.17. The lowest BCUT2D eigenvalue weighted by Gasteiger charge is -2.30. The monoisotopic (exact) mass is 335 g/mol. The summed E-state index contributed by atoms with van der Waals surface area (Å²) in [6, 6.07) is 8.14. The van der Waals surface area contributed by atoms with Crippen molar-refractivity contribution in [2.45, 2.75) is 43.4 Å². The smallest absolute Gasteiger partial charge is 0.235 e. The summed E-state index contributed by atoms with van der Waals surface area (Å²) in [5.74, 6) is -0.601. The van der Waals surface area contributed by atoms with E-state index in [2.05, 4.69) is 0 Å². The minimum Gasteiger partial charge on any atom is -0.281 e. The Morgan fingerprint density at radius 3 is 2.30 bits per heavy atom. The summed E-state index contributed by atoms with van der Waals surface area (Å²) in [6.45, 7) is -0.0450. The average molecular weight is 335 g/mol. The molecule has 0 atom stereocenters. The second-order valence-electron chi connectivity index (χ2n) is 6.50. The van der Waals surface area contributed by atoms with Crippen LogP contribution in [0.5, 0.6) is 0 Å².